The maximum Gasteiger partial charge on any atom is 0.231 e. The first-order chi connectivity index (χ1) is 9.77. The molecule has 1 heterocycles. The van der Waals surface area contributed by atoms with Gasteiger partial charge < -0.3 is 19.9 Å². The Morgan fingerprint density at radius 1 is 1.10 bits per heavy atom. The Kier molecular flexibility index (Phi) is 4.13. The van der Waals surface area contributed by atoms with Crippen LogP contribution in [0.3, 0.4) is 0 Å². The summed E-state index contributed by atoms with van der Waals surface area (Å²) in [5, 5.41) is 14.0. The lowest BCUT2D eigenvalue weighted by Gasteiger charge is -2.27. The van der Waals surface area contributed by atoms with E-state index in [9.17, 15) is 5.11 Å². The zero-order valence-electron chi connectivity index (χ0n) is 11.9. The van der Waals surface area contributed by atoms with E-state index in [4.69, 9.17) is 9.47 Å². The third-order valence-electron chi connectivity index (χ3n) is 4.28. The molecule has 1 fully saturated rings. The van der Waals surface area contributed by atoms with Gasteiger partial charge in [-0.25, -0.2) is 0 Å². The number of ether oxygens (including phenoxy) is 2. The second kappa shape index (κ2) is 6.02. The molecule has 1 aliphatic carbocycles. The Balaban J connectivity index is 1.56. The van der Waals surface area contributed by atoms with E-state index >= 15 is 0 Å². The molecule has 0 aromatic heterocycles. The monoisotopic (exact) mass is 277 g/mol. The molecule has 0 unspecified atom stereocenters. The molecule has 0 bridgehead atoms. The number of hydrogen-bond acceptors (Lipinski definition) is 4. The van der Waals surface area contributed by atoms with Crippen LogP contribution in [0.5, 0.6) is 11.5 Å². The van der Waals surface area contributed by atoms with Crippen molar-refractivity contribution in [3.05, 3.63) is 23.8 Å². The number of benzene rings is 1. The lowest BCUT2D eigenvalue weighted by molar-refractivity contribution is 0.0250. The van der Waals surface area contributed by atoms with Gasteiger partial charge in [0.15, 0.2) is 11.5 Å². The highest BCUT2D eigenvalue weighted by Crippen LogP contribution is 2.35. The van der Waals surface area contributed by atoms with Crippen molar-refractivity contribution in [1.82, 2.24) is 5.32 Å². The first-order valence-electron chi connectivity index (χ1n) is 7.57. The minimum absolute atomic E-state index is 0.302. The average Bonchev–Trinajstić information content (AvgIpc) is 2.82. The quantitative estimate of drug-likeness (QED) is 0.831. The molecule has 3 rings (SSSR count). The largest absolute Gasteiger partial charge is 0.454 e. The zero-order chi connectivity index (χ0) is 13.8. The summed E-state index contributed by atoms with van der Waals surface area (Å²) in [6.07, 6.45) is 6.59. The van der Waals surface area contributed by atoms with Crippen molar-refractivity contribution in [2.45, 2.75) is 50.7 Å². The number of rotatable bonds is 4. The third kappa shape index (κ3) is 3.07. The third-order valence-corrected chi connectivity index (χ3v) is 4.28. The van der Waals surface area contributed by atoms with Crippen molar-refractivity contribution >= 4 is 0 Å². The van der Waals surface area contributed by atoms with Crippen LogP contribution in [-0.2, 0) is 6.54 Å². The molecular weight excluding hydrogens is 254 g/mol. The summed E-state index contributed by atoms with van der Waals surface area (Å²) < 4.78 is 10.9. The van der Waals surface area contributed by atoms with Crippen molar-refractivity contribution < 1.29 is 14.6 Å². The second-order valence-electron chi connectivity index (χ2n) is 5.89. The summed E-state index contributed by atoms with van der Waals surface area (Å²) in [6.45, 7) is 1.66. The highest BCUT2D eigenvalue weighted by atomic mass is 16.7. The summed E-state index contributed by atoms with van der Waals surface area (Å²) in [5.41, 5.74) is 0.559. The Morgan fingerprint density at radius 2 is 1.90 bits per heavy atom. The van der Waals surface area contributed by atoms with Gasteiger partial charge in [0.1, 0.15) is 0 Å². The predicted molar refractivity (Wildman–Crippen MR) is 76.9 cm³/mol. The second-order valence-corrected chi connectivity index (χ2v) is 5.89. The molecule has 2 N–H and O–H groups in total. The molecule has 110 valence electrons. The van der Waals surface area contributed by atoms with Gasteiger partial charge in [-0.05, 0) is 18.9 Å². The van der Waals surface area contributed by atoms with Crippen LogP contribution in [-0.4, -0.2) is 24.0 Å². The minimum atomic E-state index is -0.536. The smallest absolute Gasteiger partial charge is 0.231 e. The van der Waals surface area contributed by atoms with Crippen molar-refractivity contribution in [3.63, 3.8) is 0 Å². The van der Waals surface area contributed by atoms with Gasteiger partial charge in [0.05, 0.1) is 5.60 Å². The molecule has 0 amide bonds. The first kappa shape index (κ1) is 13.7. The van der Waals surface area contributed by atoms with Crippen LogP contribution >= 0.6 is 0 Å². The standard InChI is InChI=1S/C16H23NO3/c18-16(8-3-1-2-4-9-16)11-17-10-13-6-5-7-14-15(13)20-12-19-14/h5-7,17-18H,1-4,8-12H2. The molecule has 0 atom stereocenters. The van der Waals surface area contributed by atoms with E-state index in [1.165, 1.54) is 12.8 Å². The number of para-hydroxylation sites is 1. The van der Waals surface area contributed by atoms with Crippen LogP contribution in [0.1, 0.15) is 44.1 Å². The van der Waals surface area contributed by atoms with E-state index in [1.807, 2.05) is 18.2 Å². The van der Waals surface area contributed by atoms with Gasteiger partial charge in [0, 0.05) is 18.7 Å². The molecule has 0 spiro atoms. The number of aliphatic hydroxyl groups is 1. The van der Waals surface area contributed by atoms with Crippen LogP contribution in [0.2, 0.25) is 0 Å². The molecule has 20 heavy (non-hydrogen) atoms. The molecule has 0 radical (unpaired) electrons. The van der Waals surface area contributed by atoms with Gasteiger partial charge in [-0.15, -0.1) is 0 Å². The Hall–Kier alpha value is -1.26. The molecule has 1 aliphatic heterocycles. The van der Waals surface area contributed by atoms with Crippen LogP contribution in [0.25, 0.3) is 0 Å². The Bertz CT molecular complexity index is 453. The lowest BCUT2D eigenvalue weighted by Crippen LogP contribution is -2.39. The van der Waals surface area contributed by atoms with E-state index in [1.54, 1.807) is 0 Å². The van der Waals surface area contributed by atoms with Crippen molar-refractivity contribution in [3.8, 4) is 11.5 Å². The van der Waals surface area contributed by atoms with Gasteiger partial charge in [-0.3, -0.25) is 0 Å². The highest BCUT2D eigenvalue weighted by Gasteiger charge is 2.27. The summed E-state index contributed by atoms with van der Waals surface area (Å²) >= 11 is 0. The number of nitrogens with one attached hydrogen (secondary N) is 1. The van der Waals surface area contributed by atoms with Crippen molar-refractivity contribution in [2.24, 2.45) is 0 Å². The normalized spacial score (nSPS) is 20.6. The molecule has 0 saturated heterocycles. The number of fused-ring (bicyclic) bond motifs is 1. The molecule has 1 aromatic rings. The lowest BCUT2D eigenvalue weighted by atomic mass is 9.94. The molecule has 1 saturated carbocycles. The fraction of sp³-hybridized carbons (Fsp3) is 0.625. The van der Waals surface area contributed by atoms with E-state index in [2.05, 4.69) is 5.32 Å². The Labute approximate surface area is 120 Å². The molecule has 1 aromatic carbocycles. The van der Waals surface area contributed by atoms with Gasteiger partial charge in [0.25, 0.3) is 0 Å². The molecular formula is C16H23NO3. The average molecular weight is 277 g/mol. The topological polar surface area (TPSA) is 50.7 Å². The van der Waals surface area contributed by atoms with Gasteiger partial charge in [0.2, 0.25) is 6.79 Å². The fourth-order valence-corrected chi connectivity index (χ4v) is 3.12. The number of hydrogen-bond donors (Lipinski definition) is 2. The van der Waals surface area contributed by atoms with Crippen LogP contribution in [0.15, 0.2) is 18.2 Å². The molecule has 4 heteroatoms. The fourth-order valence-electron chi connectivity index (χ4n) is 3.12. The van der Waals surface area contributed by atoms with Crippen LogP contribution < -0.4 is 14.8 Å². The summed E-state index contributed by atoms with van der Waals surface area (Å²) in [7, 11) is 0. The van der Waals surface area contributed by atoms with Gasteiger partial charge >= 0.3 is 0 Å². The van der Waals surface area contributed by atoms with Crippen molar-refractivity contribution in [1.29, 1.82) is 0 Å². The molecule has 2 aliphatic rings. The maximum atomic E-state index is 10.6. The van der Waals surface area contributed by atoms with E-state index in [0.29, 0.717) is 19.9 Å². The van der Waals surface area contributed by atoms with E-state index < -0.39 is 5.60 Å². The van der Waals surface area contributed by atoms with E-state index in [-0.39, 0.29) is 0 Å². The summed E-state index contributed by atoms with van der Waals surface area (Å²) in [6, 6.07) is 5.94. The predicted octanol–water partition coefficient (Wildman–Crippen LogP) is 2.59. The Morgan fingerprint density at radius 3 is 2.70 bits per heavy atom. The SMILES string of the molecule is OC1(CNCc2cccc3c2OCO3)CCCCCC1. The van der Waals surface area contributed by atoms with Crippen LogP contribution in [0, 0.1) is 0 Å². The highest BCUT2D eigenvalue weighted by molar-refractivity contribution is 5.48. The zero-order valence-corrected chi connectivity index (χ0v) is 11.9. The van der Waals surface area contributed by atoms with Gasteiger partial charge in [-0.2, -0.15) is 0 Å². The molecule has 4 nitrogen and oxygen atoms in total. The van der Waals surface area contributed by atoms with Crippen molar-refractivity contribution in [2.75, 3.05) is 13.3 Å². The minimum Gasteiger partial charge on any atom is -0.454 e. The summed E-state index contributed by atoms with van der Waals surface area (Å²) in [4.78, 5) is 0. The maximum absolute atomic E-state index is 10.6. The van der Waals surface area contributed by atoms with Gasteiger partial charge in [-0.1, -0.05) is 37.8 Å². The first-order valence-corrected chi connectivity index (χ1v) is 7.57. The van der Waals surface area contributed by atoms with Crippen LogP contribution in [0.4, 0.5) is 0 Å². The van der Waals surface area contributed by atoms with E-state index in [0.717, 1.165) is 42.7 Å². The summed E-state index contributed by atoms with van der Waals surface area (Å²) in [5.74, 6) is 1.66.